The van der Waals surface area contributed by atoms with Crippen LogP contribution in [0.1, 0.15) is 102 Å². The summed E-state index contributed by atoms with van der Waals surface area (Å²) in [6.45, 7) is 3.52. The van der Waals surface area contributed by atoms with Crippen LogP contribution >= 0.6 is 11.6 Å². The number of amides is 4. The summed E-state index contributed by atoms with van der Waals surface area (Å²) in [5.74, 6) is -1.62. The average molecular weight is 782 g/mol. The normalized spacial score (nSPS) is 31.3. The van der Waals surface area contributed by atoms with Crippen LogP contribution in [0.25, 0.3) is 10.9 Å². The van der Waals surface area contributed by atoms with E-state index in [4.69, 9.17) is 26.1 Å². The summed E-state index contributed by atoms with van der Waals surface area (Å²) in [6.07, 6.45) is 11.2. The van der Waals surface area contributed by atoms with Crippen LogP contribution in [0.2, 0.25) is 5.02 Å². The van der Waals surface area contributed by atoms with Gasteiger partial charge in [0.2, 0.25) is 21.8 Å². The Labute approximate surface area is 320 Å². The summed E-state index contributed by atoms with van der Waals surface area (Å²) in [7, 11) is -3.98. The molecule has 3 aliphatic heterocycles. The van der Waals surface area contributed by atoms with Crippen LogP contribution < -0.4 is 20.1 Å². The molecular formula is C39H48ClN5O8S. The SMILES string of the molecule is Cc1nc2ccc(Cl)cc2c2c1O[C@]1(CC2)C[C@H]2C(=O)N[C@]3(C(=O)NS(=O)(=O)C4(C)CC4)CC3/C=C\CCCCC[C@H](NC(=O)OC3CCC3)C(=O)N2C1. The Morgan fingerprint density at radius 1 is 1.07 bits per heavy atom. The van der Waals surface area contributed by atoms with E-state index in [1.54, 1.807) is 13.0 Å². The summed E-state index contributed by atoms with van der Waals surface area (Å²) < 4.78 is 40.1. The number of nitrogens with zero attached hydrogens (tertiary/aromatic N) is 2. The molecule has 3 N–H and O–H groups in total. The second kappa shape index (κ2) is 13.7. The van der Waals surface area contributed by atoms with E-state index >= 15 is 0 Å². The van der Waals surface area contributed by atoms with Crippen LogP contribution in [0.15, 0.2) is 30.4 Å². The molecule has 4 amide bonds. The fourth-order valence-corrected chi connectivity index (χ4v) is 9.96. The van der Waals surface area contributed by atoms with Crippen LogP contribution in [-0.4, -0.2) is 82.7 Å². The molecular weight excluding hydrogens is 734 g/mol. The maximum atomic E-state index is 14.7. The monoisotopic (exact) mass is 781 g/mol. The molecule has 54 heavy (non-hydrogen) atoms. The number of aryl methyl sites for hydroxylation is 2. The van der Waals surface area contributed by atoms with E-state index in [1.165, 1.54) is 4.90 Å². The number of rotatable bonds is 5. The topological polar surface area (TPSA) is 173 Å². The number of sulfonamides is 1. The van der Waals surface area contributed by atoms with E-state index in [9.17, 15) is 27.6 Å². The van der Waals surface area contributed by atoms with Crippen molar-refractivity contribution in [1.29, 1.82) is 0 Å². The number of fused-ring (bicyclic) bond motifs is 5. The number of carbonyl (C=O) groups excluding carboxylic acids is 4. The third-order valence-electron chi connectivity index (χ3n) is 12.6. The largest absolute Gasteiger partial charge is 0.483 e. The Kier molecular flexibility index (Phi) is 9.38. The first-order chi connectivity index (χ1) is 25.7. The standard InChI is InChI=1S/C39H48ClN5O8S/c1-23-32-27(28-19-25(40)13-14-29(28)41-23)15-16-38(53-32)21-31-33(46)43-39(35(48)44-54(50,51)37(2)17-18-37)20-24(39)9-6-4-3-5-7-12-30(34(47)45(31)22-38)42-36(49)52-26-10-8-11-26/h6,9,13-14,19,24,26,30-31H,3-5,7-8,10-12,15-18,20-22H2,1-2H3,(H,42,49)(H,43,46)(H,44,48)/b9-6-/t24?,30-,31-,38+,39+/m0/s1. The molecule has 13 nitrogen and oxygen atoms in total. The second-order valence-corrected chi connectivity index (χ2v) is 19.1. The molecule has 3 saturated carbocycles. The van der Waals surface area contributed by atoms with Crippen molar-refractivity contribution in [3.05, 3.63) is 46.6 Å². The number of hydrogen-bond donors (Lipinski definition) is 3. The van der Waals surface area contributed by atoms with Crippen molar-refractivity contribution in [2.75, 3.05) is 6.54 Å². The highest BCUT2D eigenvalue weighted by atomic mass is 35.5. The van der Waals surface area contributed by atoms with Crippen molar-refractivity contribution in [2.45, 2.75) is 138 Å². The van der Waals surface area contributed by atoms with Gasteiger partial charge in [0.1, 0.15) is 35.1 Å². The second-order valence-electron chi connectivity index (χ2n) is 16.5. The number of allylic oxidation sites excluding steroid dienone is 1. The van der Waals surface area contributed by atoms with Gasteiger partial charge in [0.15, 0.2) is 0 Å². The van der Waals surface area contributed by atoms with E-state index in [2.05, 4.69) is 15.4 Å². The highest BCUT2D eigenvalue weighted by Crippen LogP contribution is 2.49. The summed E-state index contributed by atoms with van der Waals surface area (Å²) >= 11 is 6.38. The number of benzene rings is 1. The van der Waals surface area contributed by atoms with E-state index in [0.717, 1.165) is 48.6 Å². The van der Waals surface area contributed by atoms with Crippen molar-refractivity contribution in [3.63, 3.8) is 0 Å². The minimum atomic E-state index is -3.98. The Morgan fingerprint density at radius 2 is 1.87 bits per heavy atom. The Balaban J connectivity index is 1.13. The van der Waals surface area contributed by atoms with Gasteiger partial charge >= 0.3 is 6.09 Å². The molecule has 0 bridgehead atoms. The summed E-state index contributed by atoms with van der Waals surface area (Å²) in [5.41, 5.74) is -0.0574. The molecule has 8 rings (SSSR count). The fraction of sp³-hybridized carbons (Fsp3) is 0.615. The maximum Gasteiger partial charge on any atom is 0.408 e. The van der Waals surface area contributed by atoms with Gasteiger partial charge in [0.25, 0.3) is 5.91 Å². The number of ether oxygens (including phenoxy) is 2. The molecule has 1 spiro atoms. The first kappa shape index (κ1) is 37.0. The Morgan fingerprint density at radius 3 is 2.61 bits per heavy atom. The highest BCUT2D eigenvalue weighted by Gasteiger charge is 2.64. The van der Waals surface area contributed by atoms with Gasteiger partial charge in [-0.25, -0.2) is 18.2 Å². The molecule has 1 aromatic carbocycles. The van der Waals surface area contributed by atoms with E-state index in [-0.39, 0.29) is 25.5 Å². The van der Waals surface area contributed by atoms with Crippen LogP contribution in [0, 0.1) is 12.8 Å². The number of aromatic nitrogens is 1. The van der Waals surface area contributed by atoms with E-state index in [0.29, 0.717) is 61.4 Å². The van der Waals surface area contributed by atoms with Crippen molar-refractivity contribution >= 4 is 56.3 Å². The molecule has 0 radical (unpaired) electrons. The Hall–Kier alpha value is -3.91. The van der Waals surface area contributed by atoms with Gasteiger partial charge in [-0.1, -0.05) is 36.6 Å². The lowest BCUT2D eigenvalue weighted by Gasteiger charge is -2.36. The van der Waals surface area contributed by atoms with E-state index < -0.39 is 67.7 Å². The zero-order valence-electron chi connectivity index (χ0n) is 30.7. The molecule has 4 heterocycles. The summed E-state index contributed by atoms with van der Waals surface area (Å²) in [4.78, 5) is 62.6. The molecule has 4 fully saturated rings. The van der Waals surface area contributed by atoms with Crippen molar-refractivity contribution in [2.24, 2.45) is 5.92 Å². The molecule has 5 atom stereocenters. The first-order valence-electron chi connectivity index (χ1n) is 19.3. The number of pyridine rings is 1. The fourth-order valence-electron chi connectivity index (χ4n) is 8.48. The molecule has 290 valence electrons. The summed E-state index contributed by atoms with van der Waals surface area (Å²) in [6, 6.07) is 3.50. The number of nitrogens with one attached hydrogen (secondary N) is 3. The molecule has 3 aliphatic carbocycles. The maximum absolute atomic E-state index is 14.7. The van der Waals surface area contributed by atoms with Gasteiger partial charge in [-0.05, 0) is 103 Å². The molecule has 15 heteroatoms. The van der Waals surface area contributed by atoms with Crippen LogP contribution in [0.4, 0.5) is 4.79 Å². The van der Waals surface area contributed by atoms with Crippen LogP contribution in [-0.2, 0) is 35.6 Å². The van der Waals surface area contributed by atoms with Crippen LogP contribution in [0.5, 0.6) is 5.75 Å². The zero-order valence-corrected chi connectivity index (χ0v) is 32.3. The van der Waals surface area contributed by atoms with Gasteiger partial charge in [0.05, 0.1) is 22.5 Å². The number of alkyl carbamates (subject to hydrolysis) is 1. The number of carbonyl (C=O) groups is 4. The molecule has 1 saturated heterocycles. The highest BCUT2D eigenvalue weighted by molar-refractivity contribution is 7.91. The van der Waals surface area contributed by atoms with Crippen molar-refractivity contribution < 1.29 is 37.1 Å². The van der Waals surface area contributed by atoms with Gasteiger partial charge in [-0.15, -0.1) is 0 Å². The third kappa shape index (κ3) is 6.82. The lowest BCUT2D eigenvalue weighted by atomic mass is 9.87. The number of halogens is 1. The smallest absolute Gasteiger partial charge is 0.408 e. The molecule has 1 unspecified atom stereocenters. The third-order valence-corrected chi connectivity index (χ3v) is 14.9. The lowest BCUT2D eigenvalue weighted by Crippen LogP contribution is -2.58. The number of hydrogen-bond acceptors (Lipinski definition) is 9. The van der Waals surface area contributed by atoms with Gasteiger partial charge in [0, 0.05) is 28.3 Å². The van der Waals surface area contributed by atoms with E-state index in [1.807, 2.05) is 31.2 Å². The van der Waals surface area contributed by atoms with Crippen LogP contribution in [0.3, 0.4) is 0 Å². The van der Waals surface area contributed by atoms with Crippen molar-refractivity contribution in [3.8, 4) is 5.75 Å². The average Bonchev–Trinajstić information content (AvgIpc) is 4.00. The molecule has 6 aliphatic rings. The quantitative estimate of drug-likeness (QED) is 0.357. The minimum absolute atomic E-state index is 0.0570. The van der Waals surface area contributed by atoms with Gasteiger partial charge < -0.3 is 25.0 Å². The predicted octanol–water partition coefficient (Wildman–Crippen LogP) is 4.90. The van der Waals surface area contributed by atoms with Gasteiger partial charge in [-0.3, -0.25) is 19.1 Å². The predicted molar refractivity (Wildman–Crippen MR) is 200 cm³/mol. The lowest BCUT2D eigenvalue weighted by molar-refractivity contribution is -0.141. The molecule has 2 aromatic rings. The Bertz CT molecular complexity index is 2050. The van der Waals surface area contributed by atoms with Gasteiger partial charge in [-0.2, -0.15) is 0 Å². The van der Waals surface area contributed by atoms with Crippen molar-refractivity contribution in [1.82, 2.24) is 25.2 Å². The molecule has 1 aromatic heterocycles. The first-order valence-corrected chi connectivity index (χ1v) is 21.2. The summed E-state index contributed by atoms with van der Waals surface area (Å²) in [5, 5.41) is 7.23. The minimum Gasteiger partial charge on any atom is -0.483 e. The zero-order chi connectivity index (χ0) is 38.0.